The number of benzene rings is 1. The largest absolute Gasteiger partial charge is 0.743 e. The number of alkyl halides is 2. The lowest BCUT2D eigenvalue weighted by molar-refractivity contribution is -0.156. The van der Waals surface area contributed by atoms with Crippen LogP contribution in [0.25, 0.3) is 0 Å². The summed E-state index contributed by atoms with van der Waals surface area (Å²) in [6, 6.07) is 3.65. The molecule has 0 radical (unpaired) electrons. The molecular formula is C16H14F2I3O7S-. The highest BCUT2D eigenvalue weighted by atomic mass is 127. The Morgan fingerprint density at radius 1 is 1.14 bits per heavy atom. The van der Waals surface area contributed by atoms with Crippen molar-refractivity contribution in [3.63, 3.8) is 0 Å². The number of carbonyl (C=O) groups excluding carboxylic acids is 2. The van der Waals surface area contributed by atoms with Crippen LogP contribution in [0, 0.1) is 16.6 Å². The van der Waals surface area contributed by atoms with Gasteiger partial charge < -0.3 is 14.0 Å². The van der Waals surface area contributed by atoms with Crippen LogP contribution in [-0.4, -0.2) is 42.9 Å². The van der Waals surface area contributed by atoms with E-state index in [2.05, 4.69) is 72.5 Å². The molecular weight excluding hydrogens is 755 g/mol. The first-order valence-electron chi connectivity index (χ1n) is 8.17. The zero-order valence-corrected chi connectivity index (χ0v) is 21.8. The van der Waals surface area contributed by atoms with Crippen molar-refractivity contribution in [1.82, 2.24) is 0 Å². The smallest absolute Gasteiger partial charge is 0.367 e. The van der Waals surface area contributed by atoms with Crippen LogP contribution in [0.3, 0.4) is 0 Å². The van der Waals surface area contributed by atoms with Crippen molar-refractivity contribution in [3.8, 4) is 0 Å². The van der Waals surface area contributed by atoms with Gasteiger partial charge in [0.2, 0.25) is 0 Å². The molecule has 0 aliphatic heterocycles. The second-order valence-electron chi connectivity index (χ2n) is 6.33. The van der Waals surface area contributed by atoms with Gasteiger partial charge in [-0.15, -0.1) is 0 Å². The first kappa shape index (κ1) is 25.4. The lowest BCUT2D eigenvalue weighted by Gasteiger charge is -2.28. The predicted molar refractivity (Wildman–Crippen MR) is 121 cm³/mol. The molecule has 29 heavy (non-hydrogen) atoms. The second-order valence-corrected chi connectivity index (χ2v) is 11.3. The highest BCUT2D eigenvalue weighted by Gasteiger charge is 2.40. The van der Waals surface area contributed by atoms with Crippen molar-refractivity contribution < 1.29 is 40.8 Å². The van der Waals surface area contributed by atoms with Gasteiger partial charge in [-0.1, -0.05) is 0 Å². The monoisotopic (exact) mass is 769 g/mol. The molecule has 0 N–H and O–H groups in total. The third kappa shape index (κ3) is 6.80. The van der Waals surface area contributed by atoms with Gasteiger partial charge in [-0.25, -0.2) is 13.2 Å². The maximum atomic E-state index is 13.1. The van der Waals surface area contributed by atoms with Crippen molar-refractivity contribution >= 4 is 89.8 Å². The zero-order chi connectivity index (χ0) is 22.0. The molecule has 1 fully saturated rings. The number of rotatable bonds is 6. The van der Waals surface area contributed by atoms with Crippen molar-refractivity contribution in [1.29, 1.82) is 0 Å². The highest BCUT2D eigenvalue weighted by Crippen LogP contribution is 2.30. The fourth-order valence-corrected chi connectivity index (χ4v) is 5.26. The fraction of sp³-hybridized carbons (Fsp3) is 0.500. The molecule has 1 saturated carbocycles. The summed E-state index contributed by atoms with van der Waals surface area (Å²) >= 11 is 6.29. The molecule has 0 amide bonds. The fourth-order valence-electron chi connectivity index (χ4n) is 2.68. The van der Waals surface area contributed by atoms with Crippen molar-refractivity contribution in [2.24, 2.45) is 5.92 Å². The summed E-state index contributed by atoms with van der Waals surface area (Å²) in [4.78, 5) is 24.3. The maximum absolute atomic E-state index is 13.1. The Hall–Kier alpha value is 0.120. The Morgan fingerprint density at radius 2 is 1.72 bits per heavy atom. The quantitative estimate of drug-likeness (QED) is 0.187. The van der Waals surface area contributed by atoms with Gasteiger partial charge in [0.15, 0.2) is 16.7 Å². The molecule has 0 unspecified atom stereocenters. The number of carbonyl (C=O) groups is 2. The van der Waals surface area contributed by atoms with E-state index in [1.54, 1.807) is 6.07 Å². The second kappa shape index (κ2) is 10.2. The molecule has 13 heteroatoms. The third-order valence-electron chi connectivity index (χ3n) is 4.24. The first-order chi connectivity index (χ1) is 13.3. The summed E-state index contributed by atoms with van der Waals surface area (Å²) in [5, 5.41) is -4.67. The van der Waals surface area contributed by atoms with Gasteiger partial charge in [0.05, 0.1) is 11.5 Å². The molecule has 7 nitrogen and oxygen atoms in total. The highest BCUT2D eigenvalue weighted by molar-refractivity contribution is 14.1. The number of esters is 2. The van der Waals surface area contributed by atoms with Gasteiger partial charge in [-0.05, 0) is 106 Å². The van der Waals surface area contributed by atoms with Gasteiger partial charge in [0.1, 0.15) is 6.10 Å². The van der Waals surface area contributed by atoms with Crippen molar-refractivity contribution in [2.75, 3.05) is 6.61 Å². The van der Waals surface area contributed by atoms with Crippen LogP contribution < -0.4 is 0 Å². The topological polar surface area (TPSA) is 110 Å². The standard InChI is InChI=1S/C16H15F2I3O7S/c17-16(18,29(24,25)26)7-27-14(22)8-1-3-10(4-2-8)28-15(23)11-5-9(19)6-12(20)13(11)21/h5-6,8,10H,1-4,7H2,(H,24,25,26)/p-1. The number of ether oxygens (including phenoxy) is 2. The predicted octanol–water partition coefficient (Wildman–Crippen LogP) is 3.90. The van der Waals surface area contributed by atoms with E-state index in [-0.39, 0.29) is 12.8 Å². The molecule has 1 aromatic carbocycles. The molecule has 0 atom stereocenters. The van der Waals surface area contributed by atoms with Crippen LogP contribution in [0.2, 0.25) is 0 Å². The van der Waals surface area contributed by atoms with Crippen molar-refractivity contribution in [2.45, 2.75) is 37.0 Å². The minimum absolute atomic E-state index is 0.230. The third-order valence-corrected chi connectivity index (χ3v) is 8.76. The van der Waals surface area contributed by atoms with E-state index in [0.29, 0.717) is 18.4 Å². The molecule has 1 aliphatic carbocycles. The average Bonchev–Trinajstić information content (AvgIpc) is 2.62. The van der Waals surface area contributed by atoms with Gasteiger partial charge in [-0.3, -0.25) is 4.79 Å². The van der Waals surface area contributed by atoms with E-state index in [0.717, 1.165) is 10.7 Å². The molecule has 1 aromatic rings. The van der Waals surface area contributed by atoms with Gasteiger partial charge in [0, 0.05) is 10.7 Å². The van der Waals surface area contributed by atoms with Gasteiger partial charge in [-0.2, -0.15) is 8.78 Å². The van der Waals surface area contributed by atoms with Gasteiger partial charge >= 0.3 is 17.2 Å². The Morgan fingerprint density at radius 3 is 2.28 bits per heavy atom. The zero-order valence-electron chi connectivity index (χ0n) is 14.5. The summed E-state index contributed by atoms with van der Waals surface area (Å²) in [5.41, 5.74) is 0.449. The minimum atomic E-state index is -5.91. The van der Waals surface area contributed by atoms with Crippen LogP contribution >= 0.6 is 67.8 Å². The van der Waals surface area contributed by atoms with Crippen LogP contribution in [0.1, 0.15) is 36.0 Å². The first-order valence-corrected chi connectivity index (χ1v) is 12.8. The number of hydrogen-bond acceptors (Lipinski definition) is 7. The van der Waals surface area contributed by atoms with Crippen LogP contribution in [-0.2, 0) is 24.4 Å². The SMILES string of the molecule is O=C(OC1CCC(C(=O)OCC(F)(F)S(=O)(=O)[O-])CC1)c1cc(I)cc(I)c1I. The van der Waals surface area contributed by atoms with E-state index in [1.165, 1.54) is 0 Å². The van der Waals surface area contributed by atoms with Crippen LogP contribution in [0.5, 0.6) is 0 Å². The summed E-state index contributed by atoms with van der Waals surface area (Å²) < 4.78 is 69.9. The maximum Gasteiger partial charge on any atom is 0.367 e. The average molecular weight is 769 g/mol. The Labute approximate surface area is 206 Å². The Kier molecular flexibility index (Phi) is 8.89. The summed E-state index contributed by atoms with van der Waals surface area (Å²) in [7, 11) is -5.91. The van der Waals surface area contributed by atoms with E-state index < -0.39 is 45.9 Å². The van der Waals surface area contributed by atoms with Gasteiger partial charge in [0.25, 0.3) is 0 Å². The number of halogens is 5. The minimum Gasteiger partial charge on any atom is -0.743 e. The molecule has 2 rings (SSSR count). The molecule has 0 aromatic heterocycles. The van der Waals surface area contributed by atoms with Crippen LogP contribution in [0.4, 0.5) is 8.78 Å². The molecule has 0 spiro atoms. The van der Waals surface area contributed by atoms with E-state index in [4.69, 9.17) is 4.74 Å². The Bertz CT molecular complexity index is 900. The lowest BCUT2D eigenvalue weighted by atomic mass is 9.87. The summed E-state index contributed by atoms with van der Waals surface area (Å²) in [6.07, 6.45) is 0.695. The summed E-state index contributed by atoms with van der Waals surface area (Å²) in [5.74, 6) is -2.20. The van der Waals surface area contributed by atoms with Crippen molar-refractivity contribution in [3.05, 3.63) is 28.4 Å². The van der Waals surface area contributed by atoms with E-state index >= 15 is 0 Å². The molecule has 162 valence electrons. The molecule has 0 saturated heterocycles. The van der Waals surface area contributed by atoms with Crippen LogP contribution in [0.15, 0.2) is 12.1 Å². The Balaban J connectivity index is 1.88. The molecule has 0 bridgehead atoms. The van der Waals surface area contributed by atoms with E-state index in [9.17, 15) is 31.3 Å². The normalized spacial score (nSPS) is 20.2. The summed E-state index contributed by atoms with van der Waals surface area (Å²) in [6.45, 7) is -1.81. The lowest BCUT2D eigenvalue weighted by Crippen LogP contribution is -2.36. The molecule has 0 heterocycles. The number of hydrogen-bond donors (Lipinski definition) is 0. The van der Waals surface area contributed by atoms with E-state index in [1.807, 2.05) is 6.07 Å². The molecule has 1 aliphatic rings.